The first-order valence-electron chi connectivity index (χ1n) is 10.8. The molecule has 0 unspecified atom stereocenters. The van der Waals surface area contributed by atoms with Gasteiger partial charge in [-0.3, -0.25) is 9.69 Å². The lowest BCUT2D eigenvalue weighted by Gasteiger charge is -2.14. The minimum absolute atomic E-state index is 0.229. The number of hydrogen-bond acceptors (Lipinski definition) is 3. The van der Waals surface area contributed by atoms with Crippen molar-refractivity contribution in [1.82, 2.24) is 4.90 Å². The predicted octanol–water partition coefficient (Wildman–Crippen LogP) is 5.88. The fourth-order valence-electron chi connectivity index (χ4n) is 3.50. The number of ketones is 1. The Morgan fingerprint density at radius 3 is 2.03 bits per heavy atom. The van der Waals surface area contributed by atoms with E-state index in [2.05, 4.69) is 42.8 Å². The van der Waals surface area contributed by atoms with Crippen molar-refractivity contribution in [3.63, 3.8) is 0 Å². The topological polar surface area (TPSA) is 40.5 Å². The second-order valence-electron chi connectivity index (χ2n) is 7.78. The van der Waals surface area contributed by atoms with Crippen molar-refractivity contribution in [2.24, 2.45) is 0 Å². The summed E-state index contributed by atoms with van der Waals surface area (Å²) >= 11 is 0. The molecule has 0 saturated heterocycles. The lowest BCUT2D eigenvalue weighted by Crippen LogP contribution is -2.17. The van der Waals surface area contributed by atoms with Gasteiger partial charge < -0.3 is 5.11 Å². The van der Waals surface area contributed by atoms with Crippen LogP contribution in [0.3, 0.4) is 0 Å². The molecule has 156 valence electrons. The molecule has 0 amide bonds. The van der Waals surface area contributed by atoms with Crippen LogP contribution in [-0.4, -0.2) is 36.0 Å². The van der Waals surface area contributed by atoms with Crippen LogP contribution in [0.25, 0.3) is 11.1 Å². The fraction of sp³-hybridized carbons (Fsp3) is 0.423. The monoisotopic (exact) mass is 393 g/mol. The number of Topliss-reactive ketones (excluding diaryl/α,β-unsaturated/α-hetero) is 1. The number of aliphatic hydroxyl groups excluding tert-OH is 1. The molecule has 3 nitrogen and oxygen atoms in total. The molecule has 0 aromatic heterocycles. The molecule has 0 aliphatic carbocycles. The summed E-state index contributed by atoms with van der Waals surface area (Å²) < 4.78 is 0. The van der Waals surface area contributed by atoms with Gasteiger partial charge in [-0.15, -0.1) is 6.58 Å². The van der Waals surface area contributed by atoms with Crippen molar-refractivity contribution in [2.45, 2.75) is 51.5 Å². The number of unbranched alkanes of at least 4 members (excludes halogenated alkanes) is 5. The van der Waals surface area contributed by atoms with Crippen LogP contribution >= 0.6 is 0 Å². The van der Waals surface area contributed by atoms with Crippen molar-refractivity contribution < 1.29 is 9.90 Å². The maximum atomic E-state index is 12.4. The second-order valence-corrected chi connectivity index (χ2v) is 7.78. The van der Waals surface area contributed by atoms with E-state index in [4.69, 9.17) is 5.11 Å². The van der Waals surface area contributed by atoms with Gasteiger partial charge >= 0.3 is 0 Å². The summed E-state index contributed by atoms with van der Waals surface area (Å²) in [5, 5.41) is 8.77. The first kappa shape index (κ1) is 23.1. The second kappa shape index (κ2) is 13.1. The molecule has 0 radical (unpaired) electrons. The summed E-state index contributed by atoms with van der Waals surface area (Å²) in [6, 6.07) is 16.6. The van der Waals surface area contributed by atoms with Gasteiger partial charge in [0, 0.05) is 31.7 Å². The van der Waals surface area contributed by atoms with E-state index in [9.17, 15) is 4.79 Å². The van der Waals surface area contributed by atoms with Crippen LogP contribution < -0.4 is 0 Å². The molecular formula is C26H35NO2. The van der Waals surface area contributed by atoms with Crippen LogP contribution in [0.2, 0.25) is 0 Å². The van der Waals surface area contributed by atoms with E-state index in [1.54, 1.807) is 0 Å². The third kappa shape index (κ3) is 8.35. The quantitative estimate of drug-likeness (QED) is 0.248. The highest BCUT2D eigenvalue weighted by Gasteiger charge is 2.07. The number of likely N-dealkylation sites (N-methyl/N-ethyl adjacent to an activating group) is 1. The third-order valence-electron chi connectivity index (χ3n) is 5.20. The van der Waals surface area contributed by atoms with Gasteiger partial charge in [0.2, 0.25) is 0 Å². The molecule has 3 heteroatoms. The summed E-state index contributed by atoms with van der Waals surface area (Å²) in [5.41, 5.74) is 4.39. The van der Waals surface area contributed by atoms with Gasteiger partial charge in [-0.25, -0.2) is 0 Å². The number of aliphatic hydroxyl groups is 1. The largest absolute Gasteiger partial charge is 0.396 e. The Bertz CT molecular complexity index is 734. The van der Waals surface area contributed by atoms with Gasteiger partial charge in [-0.05, 0) is 36.6 Å². The number of rotatable bonds is 14. The predicted molar refractivity (Wildman–Crippen MR) is 122 cm³/mol. The SMILES string of the molecule is C=CCN(C)Cc1ccc(-c2ccc(C(=O)CCCCCCCCO)cc2)cc1. The molecule has 0 saturated carbocycles. The summed E-state index contributed by atoms with van der Waals surface area (Å²) in [5.74, 6) is 0.229. The van der Waals surface area contributed by atoms with Gasteiger partial charge in [0.1, 0.15) is 0 Å². The fourth-order valence-corrected chi connectivity index (χ4v) is 3.50. The zero-order chi connectivity index (χ0) is 20.9. The molecule has 29 heavy (non-hydrogen) atoms. The van der Waals surface area contributed by atoms with Crippen LogP contribution in [-0.2, 0) is 6.54 Å². The molecule has 0 heterocycles. The molecule has 2 aromatic carbocycles. The number of nitrogens with zero attached hydrogens (tertiary/aromatic N) is 1. The summed E-state index contributed by atoms with van der Waals surface area (Å²) in [6.07, 6.45) is 8.82. The highest BCUT2D eigenvalue weighted by molar-refractivity contribution is 5.96. The molecule has 0 aliphatic rings. The summed E-state index contributed by atoms with van der Waals surface area (Å²) in [7, 11) is 2.09. The Morgan fingerprint density at radius 2 is 1.45 bits per heavy atom. The maximum Gasteiger partial charge on any atom is 0.162 e. The summed E-state index contributed by atoms with van der Waals surface area (Å²) in [6.45, 7) is 5.84. The van der Waals surface area contributed by atoms with Crippen LogP contribution in [0, 0.1) is 0 Å². The van der Waals surface area contributed by atoms with E-state index in [0.717, 1.165) is 62.7 Å². The van der Waals surface area contributed by atoms with E-state index in [1.165, 1.54) is 11.1 Å². The van der Waals surface area contributed by atoms with Crippen molar-refractivity contribution in [3.05, 3.63) is 72.3 Å². The molecule has 0 spiro atoms. The van der Waals surface area contributed by atoms with Gasteiger partial charge in [-0.1, -0.05) is 80.3 Å². The van der Waals surface area contributed by atoms with E-state index >= 15 is 0 Å². The first-order chi connectivity index (χ1) is 14.1. The molecule has 2 rings (SSSR count). The zero-order valence-corrected chi connectivity index (χ0v) is 17.8. The number of benzene rings is 2. The molecule has 0 bridgehead atoms. The van der Waals surface area contributed by atoms with Crippen molar-refractivity contribution in [2.75, 3.05) is 20.2 Å². The van der Waals surface area contributed by atoms with Crippen LogP contribution in [0.4, 0.5) is 0 Å². The Labute approximate surface area is 176 Å². The first-order valence-corrected chi connectivity index (χ1v) is 10.8. The molecule has 0 fully saturated rings. The van der Waals surface area contributed by atoms with Crippen molar-refractivity contribution >= 4 is 5.78 Å². The Kier molecular flexibility index (Phi) is 10.4. The number of carbonyl (C=O) groups excluding carboxylic acids is 1. The van der Waals surface area contributed by atoms with Crippen LogP contribution in [0.15, 0.2) is 61.2 Å². The van der Waals surface area contributed by atoms with E-state index < -0.39 is 0 Å². The Balaban J connectivity index is 1.81. The van der Waals surface area contributed by atoms with Gasteiger partial charge in [0.25, 0.3) is 0 Å². The number of carbonyl (C=O) groups is 1. The number of hydrogen-bond donors (Lipinski definition) is 1. The molecule has 1 N–H and O–H groups in total. The van der Waals surface area contributed by atoms with Crippen molar-refractivity contribution in [1.29, 1.82) is 0 Å². The van der Waals surface area contributed by atoms with Gasteiger partial charge in [0.05, 0.1) is 0 Å². The van der Waals surface area contributed by atoms with E-state index in [0.29, 0.717) is 6.42 Å². The maximum absolute atomic E-state index is 12.4. The Morgan fingerprint density at radius 1 is 0.897 bits per heavy atom. The van der Waals surface area contributed by atoms with Crippen LogP contribution in [0.5, 0.6) is 0 Å². The highest BCUT2D eigenvalue weighted by atomic mass is 16.2. The summed E-state index contributed by atoms with van der Waals surface area (Å²) in [4.78, 5) is 14.6. The Hall–Kier alpha value is -2.23. The normalized spacial score (nSPS) is 11.0. The molecule has 2 aromatic rings. The van der Waals surface area contributed by atoms with Crippen LogP contribution in [0.1, 0.15) is 60.9 Å². The smallest absolute Gasteiger partial charge is 0.162 e. The molecule has 0 atom stereocenters. The lowest BCUT2D eigenvalue weighted by atomic mass is 9.99. The molecular weight excluding hydrogens is 358 g/mol. The minimum Gasteiger partial charge on any atom is -0.396 e. The van der Waals surface area contributed by atoms with Crippen molar-refractivity contribution in [3.8, 4) is 11.1 Å². The van der Waals surface area contributed by atoms with Gasteiger partial charge in [-0.2, -0.15) is 0 Å². The standard InChI is InChI=1S/C26H35NO2/c1-3-19-27(2)21-22-11-13-23(14-12-22)24-15-17-25(18-16-24)26(29)10-8-6-4-5-7-9-20-28/h3,11-18,28H,1,4-10,19-21H2,2H3. The lowest BCUT2D eigenvalue weighted by molar-refractivity contribution is 0.0979. The van der Waals surface area contributed by atoms with Gasteiger partial charge in [0.15, 0.2) is 5.78 Å². The average molecular weight is 394 g/mol. The highest BCUT2D eigenvalue weighted by Crippen LogP contribution is 2.22. The average Bonchev–Trinajstić information content (AvgIpc) is 2.74. The van der Waals surface area contributed by atoms with E-state index in [-0.39, 0.29) is 12.4 Å². The molecule has 0 aliphatic heterocycles. The zero-order valence-electron chi connectivity index (χ0n) is 17.8. The minimum atomic E-state index is 0.229. The van der Waals surface area contributed by atoms with E-state index in [1.807, 2.05) is 30.3 Å². The third-order valence-corrected chi connectivity index (χ3v) is 5.20.